The smallest absolute Gasteiger partial charge is 0.206 e. The maximum Gasteiger partial charge on any atom is 0.206 e. The number of fused-ring (bicyclic) bond motifs is 3. The average Bonchev–Trinajstić information content (AvgIpc) is 3.37. The molecule has 0 saturated heterocycles. The van der Waals surface area contributed by atoms with E-state index in [4.69, 9.17) is 9.47 Å². The molecular formula is C39H30O4S. The molecule has 0 fully saturated rings. The van der Waals surface area contributed by atoms with Crippen molar-refractivity contribution in [2.24, 2.45) is 0 Å². The first kappa shape index (κ1) is 27.7. The second-order valence-electron chi connectivity index (χ2n) is 11.0. The van der Waals surface area contributed by atoms with Gasteiger partial charge in [0.25, 0.3) is 0 Å². The molecule has 1 aliphatic rings. The van der Waals surface area contributed by atoms with E-state index in [1.165, 1.54) is 22.3 Å². The van der Waals surface area contributed by atoms with Crippen LogP contribution in [0.3, 0.4) is 0 Å². The van der Waals surface area contributed by atoms with Gasteiger partial charge in [-0.15, -0.1) is 0 Å². The molecular weight excluding hydrogens is 564 g/mol. The van der Waals surface area contributed by atoms with Gasteiger partial charge in [0.2, 0.25) is 9.84 Å². The van der Waals surface area contributed by atoms with E-state index in [1.54, 1.807) is 55.6 Å². The maximum absolute atomic E-state index is 13.1. The van der Waals surface area contributed by atoms with Gasteiger partial charge in [-0.3, -0.25) is 0 Å². The molecule has 5 heteroatoms. The number of rotatable bonds is 7. The molecule has 0 heterocycles. The SMILES string of the molecule is COc1ccc(C2(c3ccc(Oc4ccc(S(=O)(=O)c5ccc(C)cc5)cc4)cc3)c3ccccc3-c3ccccc32)cc1. The van der Waals surface area contributed by atoms with Gasteiger partial charge in [0.05, 0.1) is 22.3 Å². The van der Waals surface area contributed by atoms with E-state index in [0.717, 1.165) is 22.4 Å². The van der Waals surface area contributed by atoms with Gasteiger partial charge in [0.1, 0.15) is 17.2 Å². The van der Waals surface area contributed by atoms with E-state index < -0.39 is 15.3 Å². The second-order valence-corrected chi connectivity index (χ2v) is 12.9. The summed E-state index contributed by atoms with van der Waals surface area (Å²) in [5, 5.41) is 0. The van der Waals surface area contributed by atoms with Gasteiger partial charge >= 0.3 is 0 Å². The van der Waals surface area contributed by atoms with Crippen LogP contribution in [0.15, 0.2) is 155 Å². The average molecular weight is 595 g/mol. The molecule has 0 aliphatic heterocycles. The van der Waals surface area contributed by atoms with Gasteiger partial charge in [-0.25, -0.2) is 8.42 Å². The molecule has 0 amide bonds. The van der Waals surface area contributed by atoms with Gasteiger partial charge < -0.3 is 9.47 Å². The van der Waals surface area contributed by atoms with Crippen LogP contribution >= 0.6 is 0 Å². The molecule has 1 aliphatic carbocycles. The van der Waals surface area contributed by atoms with Gasteiger partial charge in [-0.05, 0) is 101 Å². The molecule has 6 aromatic rings. The van der Waals surface area contributed by atoms with Crippen LogP contribution in [0.1, 0.15) is 27.8 Å². The summed E-state index contributed by atoms with van der Waals surface area (Å²) in [7, 11) is -1.93. The molecule has 216 valence electrons. The number of hydrogen-bond acceptors (Lipinski definition) is 4. The van der Waals surface area contributed by atoms with Crippen LogP contribution in [0, 0.1) is 6.92 Å². The summed E-state index contributed by atoms with van der Waals surface area (Å²) in [6.45, 7) is 1.93. The maximum atomic E-state index is 13.1. The number of methoxy groups -OCH3 is 1. The van der Waals surface area contributed by atoms with Crippen molar-refractivity contribution in [2.45, 2.75) is 22.1 Å². The van der Waals surface area contributed by atoms with Crippen LogP contribution in [0.5, 0.6) is 17.2 Å². The van der Waals surface area contributed by atoms with E-state index in [-0.39, 0.29) is 9.79 Å². The Bertz CT molecular complexity index is 2020. The van der Waals surface area contributed by atoms with E-state index in [1.807, 2.05) is 31.2 Å². The van der Waals surface area contributed by atoms with Crippen LogP contribution in [-0.4, -0.2) is 15.5 Å². The van der Waals surface area contributed by atoms with Crippen LogP contribution in [-0.2, 0) is 15.3 Å². The first-order valence-electron chi connectivity index (χ1n) is 14.5. The minimum Gasteiger partial charge on any atom is -0.497 e. The number of ether oxygens (including phenoxy) is 2. The largest absolute Gasteiger partial charge is 0.497 e. The van der Waals surface area contributed by atoms with Crippen molar-refractivity contribution >= 4 is 9.84 Å². The van der Waals surface area contributed by atoms with Gasteiger partial charge in [-0.2, -0.15) is 0 Å². The third-order valence-corrected chi connectivity index (χ3v) is 10.2. The van der Waals surface area contributed by atoms with Crippen molar-refractivity contribution in [1.82, 2.24) is 0 Å². The lowest BCUT2D eigenvalue weighted by Gasteiger charge is -2.34. The lowest BCUT2D eigenvalue weighted by molar-refractivity contribution is 0.414. The molecule has 0 unspecified atom stereocenters. The second kappa shape index (κ2) is 10.9. The highest BCUT2D eigenvalue weighted by atomic mass is 32.2. The predicted octanol–water partition coefficient (Wildman–Crippen LogP) is 8.99. The summed E-state index contributed by atoms with van der Waals surface area (Å²) in [5.74, 6) is 2.03. The highest BCUT2D eigenvalue weighted by molar-refractivity contribution is 7.91. The summed E-state index contributed by atoms with van der Waals surface area (Å²) in [4.78, 5) is 0.497. The lowest BCUT2D eigenvalue weighted by Crippen LogP contribution is -2.28. The van der Waals surface area contributed by atoms with Crippen molar-refractivity contribution in [3.63, 3.8) is 0 Å². The van der Waals surface area contributed by atoms with Crippen molar-refractivity contribution in [3.05, 3.63) is 173 Å². The summed E-state index contributed by atoms with van der Waals surface area (Å²) >= 11 is 0. The Labute approximate surface area is 258 Å². The quantitative estimate of drug-likeness (QED) is 0.185. The van der Waals surface area contributed by atoms with E-state index in [0.29, 0.717) is 11.5 Å². The number of benzene rings is 6. The summed E-state index contributed by atoms with van der Waals surface area (Å²) < 4.78 is 37.8. The fraction of sp³-hybridized carbons (Fsp3) is 0.0769. The molecule has 4 nitrogen and oxygen atoms in total. The first-order chi connectivity index (χ1) is 21.4. The fourth-order valence-electron chi connectivity index (χ4n) is 6.31. The fourth-order valence-corrected chi connectivity index (χ4v) is 7.58. The minimum atomic E-state index is -3.61. The number of aryl methyl sites for hydroxylation is 1. The molecule has 0 spiro atoms. The zero-order chi connectivity index (χ0) is 30.3. The molecule has 0 saturated carbocycles. The third-order valence-electron chi connectivity index (χ3n) is 8.46. The molecule has 0 aromatic heterocycles. The first-order valence-corrected chi connectivity index (χ1v) is 15.9. The zero-order valence-electron chi connectivity index (χ0n) is 24.4. The Kier molecular flexibility index (Phi) is 6.83. The summed E-state index contributed by atoms with van der Waals surface area (Å²) in [6.07, 6.45) is 0. The highest BCUT2D eigenvalue weighted by Gasteiger charge is 2.45. The Morgan fingerprint density at radius 1 is 0.500 bits per heavy atom. The molecule has 0 bridgehead atoms. The third kappa shape index (κ3) is 4.48. The van der Waals surface area contributed by atoms with Crippen LogP contribution in [0.2, 0.25) is 0 Å². The van der Waals surface area contributed by atoms with Crippen molar-refractivity contribution < 1.29 is 17.9 Å². The van der Waals surface area contributed by atoms with Crippen molar-refractivity contribution in [1.29, 1.82) is 0 Å². The van der Waals surface area contributed by atoms with Crippen LogP contribution < -0.4 is 9.47 Å². The predicted molar refractivity (Wildman–Crippen MR) is 173 cm³/mol. The van der Waals surface area contributed by atoms with E-state index >= 15 is 0 Å². The van der Waals surface area contributed by atoms with Gasteiger partial charge in [0, 0.05) is 0 Å². The molecule has 0 radical (unpaired) electrons. The summed E-state index contributed by atoms with van der Waals surface area (Å²) in [5.41, 5.74) is 7.65. The lowest BCUT2D eigenvalue weighted by atomic mass is 9.68. The van der Waals surface area contributed by atoms with Gasteiger partial charge in [-0.1, -0.05) is 90.5 Å². The number of sulfone groups is 1. The van der Waals surface area contributed by atoms with E-state index in [9.17, 15) is 8.42 Å². The Balaban J connectivity index is 1.25. The number of hydrogen-bond donors (Lipinski definition) is 0. The minimum absolute atomic E-state index is 0.226. The molecule has 44 heavy (non-hydrogen) atoms. The van der Waals surface area contributed by atoms with Crippen LogP contribution in [0.4, 0.5) is 0 Å². The standard InChI is InChI=1S/C39H30O4S/c1-27-11-23-33(24-12-27)44(40,41)34-25-21-32(22-26-34)43-31-19-15-29(16-20-31)39(28-13-17-30(42-2)18-14-28)37-9-5-3-7-35(37)36-8-4-6-10-38(36)39/h3-26H,1-2H3. The monoisotopic (exact) mass is 594 g/mol. The van der Waals surface area contributed by atoms with Crippen molar-refractivity contribution in [2.75, 3.05) is 7.11 Å². The summed E-state index contributed by atoms with van der Waals surface area (Å²) in [6, 6.07) is 47.1. The topological polar surface area (TPSA) is 52.6 Å². The van der Waals surface area contributed by atoms with Crippen molar-refractivity contribution in [3.8, 4) is 28.4 Å². The van der Waals surface area contributed by atoms with Gasteiger partial charge in [0.15, 0.2) is 0 Å². The molecule has 7 rings (SSSR count). The Hall–Kier alpha value is -5.13. The molecule has 6 aromatic carbocycles. The Morgan fingerprint density at radius 3 is 1.39 bits per heavy atom. The zero-order valence-corrected chi connectivity index (χ0v) is 25.2. The highest BCUT2D eigenvalue weighted by Crippen LogP contribution is 2.56. The van der Waals surface area contributed by atoms with E-state index in [2.05, 4.69) is 72.8 Å². The normalized spacial score (nSPS) is 13.1. The molecule has 0 N–H and O–H groups in total. The van der Waals surface area contributed by atoms with Crippen LogP contribution in [0.25, 0.3) is 11.1 Å². The molecule has 0 atom stereocenters. The Morgan fingerprint density at radius 2 is 0.909 bits per heavy atom.